The van der Waals surface area contributed by atoms with Gasteiger partial charge in [0, 0.05) is 105 Å². The summed E-state index contributed by atoms with van der Waals surface area (Å²) >= 11 is 0. The van der Waals surface area contributed by atoms with Crippen molar-refractivity contribution in [1.82, 2.24) is 0 Å². The van der Waals surface area contributed by atoms with E-state index in [1.54, 1.807) is 0 Å². The van der Waals surface area contributed by atoms with Crippen molar-refractivity contribution in [3.8, 4) is 0 Å². The summed E-state index contributed by atoms with van der Waals surface area (Å²) in [6, 6.07) is 0. The van der Waals surface area contributed by atoms with Gasteiger partial charge in [-0.25, -0.2) is 6.61 Å². The zero-order valence-electron chi connectivity index (χ0n) is 5.71. The summed E-state index contributed by atoms with van der Waals surface area (Å²) in [4.78, 5) is 0. The van der Waals surface area contributed by atoms with E-state index in [0.29, 0.717) is 0 Å². The SMILES string of the molecule is CC1C[CH-]OC1.[Y].[Y].[Y]. The van der Waals surface area contributed by atoms with Gasteiger partial charge in [0.25, 0.3) is 0 Å². The van der Waals surface area contributed by atoms with Crippen LogP contribution in [0.1, 0.15) is 13.3 Å². The van der Waals surface area contributed by atoms with Crippen LogP contribution in [0.2, 0.25) is 0 Å². The van der Waals surface area contributed by atoms with Gasteiger partial charge in [-0.3, -0.25) is 0 Å². The van der Waals surface area contributed by atoms with Crippen LogP contribution in [0, 0.1) is 12.5 Å². The van der Waals surface area contributed by atoms with Gasteiger partial charge in [0.15, 0.2) is 0 Å². The van der Waals surface area contributed by atoms with Gasteiger partial charge < -0.3 is 4.74 Å². The average Bonchev–Trinajstić information content (AvgIpc) is 1.86. The fraction of sp³-hybridized carbons (Fsp3) is 0.800. The molecule has 0 bridgehead atoms. The predicted octanol–water partition coefficient (Wildman–Crippen LogP) is 1.20. The molecule has 1 fully saturated rings. The molecule has 1 aliphatic heterocycles. The van der Waals surface area contributed by atoms with Crippen molar-refractivity contribution in [3.05, 3.63) is 6.61 Å². The summed E-state index contributed by atoms with van der Waals surface area (Å²) < 4.78 is 4.93. The van der Waals surface area contributed by atoms with E-state index in [-0.39, 0.29) is 98.1 Å². The molecule has 0 aromatic carbocycles. The Morgan fingerprint density at radius 2 is 1.89 bits per heavy atom. The van der Waals surface area contributed by atoms with Crippen LogP contribution < -0.4 is 0 Å². The van der Waals surface area contributed by atoms with Crippen molar-refractivity contribution >= 4 is 0 Å². The smallest absolute Gasteiger partial charge is 0.0114 e. The molecule has 45 valence electrons. The third-order valence-electron chi connectivity index (χ3n) is 0.997. The van der Waals surface area contributed by atoms with Crippen LogP contribution in [0.4, 0.5) is 0 Å². The first-order valence-electron chi connectivity index (χ1n) is 2.33. The Morgan fingerprint density at radius 1 is 1.33 bits per heavy atom. The molecule has 0 aliphatic carbocycles. The predicted molar refractivity (Wildman–Crippen MR) is 24.0 cm³/mol. The molecule has 0 N–H and O–H groups in total. The van der Waals surface area contributed by atoms with Crippen LogP contribution in [-0.4, -0.2) is 6.61 Å². The fourth-order valence-electron chi connectivity index (χ4n) is 0.533. The summed E-state index contributed by atoms with van der Waals surface area (Å²) in [5.74, 6) is 0.769. The zero-order chi connectivity index (χ0) is 4.41. The van der Waals surface area contributed by atoms with E-state index in [4.69, 9.17) is 4.74 Å². The molecule has 1 heterocycles. The molecule has 0 aromatic rings. The molecule has 1 aliphatic rings. The molecule has 0 amide bonds. The van der Waals surface area contributed by atoms with Gasteiger partial charge in [-0.1, -0.05) is 6.92 Å². The Balaban J connectivity index is -0.000000120. The second-order valence-electron chi connectivity index (χ2n) is 1.84. The van der Waals surface area contributed by atoms with Crippen LogP contribution in [0.25, 0.3) is 0 Å². The molecule has 0 aromatic heterocycles. The summed E-state index contributed by atoms with van der Waals surface area (Å²) in [5, 5.41) is 0. The van der Waals surface area contributed by atoms with Crippen molar-refractivity contribution < 1.29 is 103 Å². The van der Waals surface area contributed by atoms with Crippen LogP contribution >= 0.6 is 0 Å². The van der Waals surface area contributed by atoms with Crippen LogP contribution in [0.15, 0.2) is 0 Å². The van der Waals surface area contributed by atoms with E-state index >= 15 is 0 Å². The van der Waals surface area contributed by atoms with E-state index in [0.717, 1.165) is 18.9 Å². The quantitative estimate of drug-likeness (QED) is 0.596. The second-order valence-corrected chi connectivity index (χ2v) is 1.84. The van der Waals surface area contributed by atoms with E-state index in [1.165, 1.54) is 0 Å². The molecule has 1 unspecified atom stereocenters. The van der Waals surface area contributed by atoms with Crippen LogP contribution in [0.5, 0.6) is 0 Å². The Kier molecular flexibility index (Phi) is 22.7. The van der Waals surface area contributed by atoms with Crippen molar-refractivity contribution in [2.45, 2.75) is 13.3 Å². The Morgan fingerprint density at radius 3 is 2.00 bits per heavy atom. The third kappa shape index (κ3) is 9.18. The van der Waals surface area contributed by atoms with Crippen LogP contribution in [0.3, 0.4) is 0 Å². The van der Waals surface area contributed by atoms with Crippen molar-refractivity contribution in [2.75, 3.05) is 6.61 Å². The average molecular weight is 352 g/mol. The van der Waals surface area contributed by atoms with Crippen molar-refractivity contribution in [2.24, 2.45) is 5.92 Å². The maximum Gasteiger partial charge on any atom is 0.0114 e. The molecule has 0 spiro atoms. The van der Waals surface area contributed by atoms with E-state index in [1.807, 2.05) is 6.61 Å². The number of hydrogen-bond acceptors (Lipinski definition) is 1. The number of ether oxygens (including phenoxy) is 1. The zero-order valence-corrected chi connectivity index (χ0v) is 14.2. The van der Waals surface area contributed by atoms with Gasteiger partial charge in [0.2, 0.25) is 0 Å². The molecule has 1 saturated heterocycles. The molecule has 1 nitrogen and oxygen atoms in total. The molecule has 3 radical (unpaired) electrons. The Hall–Kier alpha value is 3.27. The fourth-order valence-corrected chi connectivity index (χ4v) is 0.533. The summed E-state index contributed by atoms with van der Waals surface area (Å²) in [5.41, 5.74) is 0. The Bertz CT molecular complexity index is 45.5. The monoisotopic (exact) mass is 352 g/mol. The van der Waals surface area contributed by atoms with Gasteiger partial charge in [-0.15, -0.1) is 0 Å². The third-order valence-corrected chi connectivity index (χ3v) is 0.997. The molecule has 1 rings (SSSR count). The van der Waals surface area contributed by atoms with E-state index in [9.17, 15) is 0 Å². The largest absolute Gasteiger partial charge is 0.552 e. The minimum absolute atomic E-state index is 0. The minimum Gasteiger partial charge on any atom is -0.552 e. The first-order valence-corrected chi connectivity index (χ1v) is 2.33. The van der Waals surface area contributed by atoms with E-state index < -0.39 is 0 Å². The van der Waals surface area contributed by atoms with Crippen molar-refractivity contribution in [1.29, 1.82) is 0 Å². The first-order chi connectivity index (χ1) is 2.89. The van der Waals surface area contributed by atoms with E-state index in [2.05, 4.69) is 6.92 Å². The van der Waals surface area contributed by atoms with Crippen LogP contribution in [-0.2, 0) is 103 Å². The summed E-state index contributed by atoms with van der Waals surface area (Å²) in [6.45, 7) is 4.99. The topological polar surface area (TPSA) is 9.23 Å². The maximum absolute atomic E-state index is 4.93. The molecular formula is C5H9OY3-. The maximum atomic E-state index is 4.93. The number of hydrogen-bond donors (Lipinski definition) is 0. The second kappa shape index (κ2) is 11.3. The van der Waals surface area contributed by atoms with Gasteiger partial charge >= 0.3 is 0 Å². The van der Waals surface area contributed by atoms with Gasteiger partial charge in [0.05, 0.1) is 0 Å². The summed E-state index contributed by atoms with van der Waals surface area (Å²) in [6.07, 6.45) is 1.14. The molecule has 1 atom stereocenters. The van der Waals surface area contributed by atoms with Crippen molar-refractivity contribution in [3.63, 3.8) is 0 Å². The number of rotatable bonds is 0. The Labute approximate surface area is 132 Å². The van der Waals surface area contributed by atoms with Gasteiger partial charge in [-0.2, -0.15) is 6.42 Å². The molecule has 9 heavy (non-hydrogen) atoms. The van der Waals surface area contributed by atoms with Gasteiger partial charge in [-0.05, 0) is 5.92 Å². The summed E-state index contributed by atoms with van der Waals surface area (Å²) in [7, 11) is 0. The first kappa shape index (κ1) is 18.1. The standard InChI is InChI=1S/C5H9O.3Y/c1-5-2-3-6-4-5;;;/h3,5H,2,4H2,1H3;;;/q-1;;;. The molecule has 0 saturated carbocycles. The van der Waals surface area contributed by atoms with Gasteiger partial charge in [0.1, 0.15) is 0 Å². The normalized spacial score (nSPS) is 23.0. The molecule has 4 heteroatoms. The minimum atomic E-state index is 0. The molecular weight excluding hydrogens is 343 g/mol.